The predicted octanol–water partition coefficient (Wildman–Crippen LogP) is 4.08. The highest BCUT2D eigenvalue weighted by Gasteiger charge is 2.23. The Balaban J connectivity index is 1.60. The molecule has 0 bridgehead atoms. The van der Waals surface area contributed by atoms with E-state index in [1.807, 2.05) is 6.07 Å². The molecule has 0 unspecified atom stereocenters. The molecule has 0 aliphatic heterocycles. The van der Waals surface area contributed by atoms with Crippen molar-refractivity contribution in [2.75, 3.05) is 12.4 Å². The second-order valence-electron chi connectivity index (χ2n) is 5.80. The average Bonchev–Trinajstić information content (AvgIpc) is 3.16. The van der Waals surface area contributed by atoms with Crippen LogP contribution in [-0.2, 0) is 22.4 Å². The van der Waals surface area contributed by atoms with Gasteiger partial charge in [-0.05, 0) is 56.0 Å². The van der Waals surface area contributed by atoms with Crippen molar-refractivity contribution in [1.29, 1.82) is 0 Å². The Kier molecular flexibility index (Phi) is 5.30. The summed E-state index contributed by atoms with van der Waals surface area (Å²) in [6, 6.07) is 6.78. The number of fused-ring (bicyclic) bond motifs is 1. The summed E-state index contributed by atoms with van der Waals surface area (Å²) in [7, 11) is 1.52. The largest absolute Gasteiger partial charge is 0.495 e. The van der Waals surface area contributed by atoms with Gasteiger partial charge in [-0.15, -0.1) is 11.3 Å². The molecule has 3 rings (SSSR count). The average molecular weight is 380 g/mol. The van der Waals surface area contributed by atoms with Crippen LogP contribution in [0.4, 0.5) is 5.69 Å². The van der Waals surface area contributed by atoms with Crippen LogP contribution in [0.2, 0.25) is 5.02 Å². The SMILES string of the molecule is COc1ccc(NC(=O)[C@@H](C)OC(=O)c2cc3c(s2)CCC3)cc1Cl. The number of methoxy groups -OCH3 is 1. The fourth-order valence-electron chi connectivity index (χ4n) is 2.69. The molecule has 0 saturated heterocycles. The minimum absolute atomic E-state index is 0.387. The van der Waals surface area contributed by atoms with E-state index in [-0.39, 0.29) is 0 Å². The Morgan fingerprint density at radius 1 is 1.28 bits per heavy atom. The van der Waals surface area contributed by atoms with Gasteiger partial charge in [0.25, 0.3) is 5.91 Å². The monoisotopic (exact) mass is 379 g/mol. The van der Waals surface area contributed by atoms with Crippen molar-refractivity contribution in [2.24, 2.45) is 0 Å². The van der Waals surface area contributed by atoms with E-state index < -0.39 is 18.0 Å². The summed E-state index contributed by atoms with van der Waals surface area (Å²) in [5.74, 6) is -0.363. The number of hydrogen-bond acceptors (Lipinski definition) is 5. The number of hydrogen-bond donors (Lipinski definition) is 1. The molecule has 1 aromatic carbocycles. The van der Waals surface area contributed by atoms with Crippen molar-refractivity contribution in [3.05, 3.63) is 44.6 Å². The number of aryl methyl sites for hydroxylation is 2. The van der Waals surface area contributed by atoms with E-state index in [2.05, 4.69) is 5.32 Å². The van der Waals surface area contributed by atoms with Gasteiger partial charge in [0.15, 0.2) is 6.10 Å². The zero-order valence-corrected chi connectivity index (χ0v) is 15.5. The van der Waals surface area contributed by atoms with E-state index in [9.17, 15) is 9.59 Å². The summed E-state index contributed by atoms with van der Waals surface area (Å²) < 4.78 is 10.4. The van der Waals surface area contributed by atoms with Crippen molar-refractivity contribution in [2.45, 2.75) is 32.3 Å². The molecule has 0 saturated carbocycles. The van der Waals surface area contributed by atoms with Crippen molar-refractivity contribution in [1.82, 2.24) is 0 Å². The van der Waals surface area contributed by atoms with Gasteiger partial charge >= 0.3 is 5.97 Å². The zero-order valence-electron chi connectivity index (χ0n) is 13.9. The second-order valence-corrected chi connectivity index (χ2v) is 7.34. The number of amides is 1. The number of carbonyl (C=O) groups excluding carboxylic acids is 2. The number of ether oxygens (including phenoxy) is 2. The van der Waals surface area contributed by atoms with E-state index >= 15 is 0 Å². The Hall–Kier alpha value is -2.05. The maximum Gasteiger partial charge on any atom is 0.349 e. The lowest BCUT2D eigenvalue weighted by molar-refractivity contribution is -0.123. The molecular formula is C18H18ClNO4S. The topological polar surface area (TPSA) is 64.6 Å². The zero-order chi connectivity index (χ0) is 18.0. The Morgan fingerprint density at radius 3 is 2.76 bits per heavy atom. The molecule has 0 spiro atoms. The molecule has 1 aliphatic carbocycles. The van der Waals surface area contributed by atoms with Crippen LogP contribution in [0.1, 0.15) is 33.5 Å². The summed E-state index contributed by atoms with van der Waals surface area (Å²) in [5, 5.41) is 3.06. The Morgan fingerprint density at radius 2 is 2.08 bits per heavy atom. The molecule has 0 radical (unpaired) electrons. The van der Waals surface area contributed by atoms with E-state index in [4.69, 9.17) is 21.1 Å². The molecular weight excluding hydrogens is 362 g/mol. The predicted molar refractivity (Wildman–Crippen MR) is 97.9 cm³/mol. The van der Waals surface area contributed by atoms with Gasteiger partial charge in [-0.1, -0.05) is 11.6 Å². The first-order chi connectivity index (χ1) is 12.0. The smallest absolute Gasteiger partial charge is 0.349 e. The molecule has 1 amide bonds. The summed E-state index contributed by atoms with van der Waals surface area (Å²) in [6.07, 6.45) is 2.25. The van der Waals surface area contributed by atoms with E-state index in [0.717, 1.165) is 19.3 Å². The first kappa shape index (κ1) is 17.8. The quantitative estimate of drug-likeness (QED) is 0.795. The lowest BCUT2D eigenvalue weighted by atomic mass is 10.2. The van der Waals surface area contributed by atoms with Gasteiger partial charge in [0, 0.05) is 10.6 Å². The third-order valence-corrected chi connectivity index (χ3v) is 5.53. The summed E-state index contributed by atoms with van der Waals surface area (Å²) >= 11 is 7.49. The van der Waals surface area contributed by atoms with Gasteiger partial charge in [-0.3, -0.25) is 4.79 Å². The molecule has 25 heavy (non-hydrogen) atoms. The van der Waals surface area contributed by atoms with Crippen LogP contribution < -0.4 is 10.1 Å². The van der Waals surface area contributed by atoms with E-state index in [0.29, 0.717) is 21.3 Å². The number of nitrogens with one attached hydrogen (secondary N) is 1. The lowest BCUT2D eigenvalue weighted by Crippen LogP contribution is -2.29. The molecule has 7 heteroatoms. The lowest BCUT2D eigenvalue weighted by Gasteiger charge is -2.13. The van der Waals surface area contributed by atoms with Crippen LogP contribution in [0, 0.1) is 0 Å². The van der Waals surface area contributed by atoms with Crippen molar-refractivity contribution < 1.29 is 19.1 Å². The molecule has 1 heterocycles. The van der Waals surface area contributed by atoms with Crippen LogP contribution in [0.3, 0.4) is 0 Å². The Labute approximate surface area is 154 Å². The minimum Gasteiger partial charge on any atom is -0.495 e. The molecule has 1 N–H and O–H groups in total. The number of rotatable bonds is 5. The van der Waals surface area contributed by atoms with Gasteiger partial charge in [-0.25, -0.2) is 4.79 Å². The van der Waals surface area contributed by atoms with Gasteiger partial charge in [0.2, 0.25) is 0 Å². The molecule has 1 atom stereocenters. The van der Waals surface area contributed by atoms with Gasteiger partial charge in [0.05, 0.1) is 12.1 Å². The second kappa shape index (κ2) is 7.45. The molecule has 132 valence electrons. The van der Waals surface area contributed by atoms with Crippen LogP contribution >= 0.6 is 22.9 Å². The maximum atomic E-state index is 12.2. The van der Waals surface area contributed by atoms with Gasteiger partial charge in [-0.2, -0.15) is 0 Å². The number of esters is 1. The molecule has 5 nitrogen and oxygen atoms in total. The fourth-order valence-corrected chi connectivity index (χ4v) is 4.08. The van der Waals surface area contributed by atoms with Crippen molar-refractivity contribution >= 4 is 40.5 Å². The number of anilines is 1. The van der Waals surface area contributed by atoms with Crippen LogP contribution in [0.5, 0.6) is 5.75 Å². The molecule has 1 aromatic heterocycles. The fraction of sp³-hybridized carbons (Fsp3) is 0.333. The number of benzene rings is 1. The maximum absolute atomic E-state index is 12.2. The highest BCUT2D eigenvalue weighted by atomic mass is 35.5. The van der Waals surface area contributed by atoms with E-state index in [1.165, 1.54) is 28.9 Å². The van der Waals surface area contributed by atoms with Crippen LogP contribution in [0.25, 0.3) is 0 Å². The van der Waals surface area contributed by atoms with Crippen LogP contribution in [-0.4, -0.2) is 25.1 Å². The van der Waals surface area contributed by atoms with Crippen molar-refractivity contribution in [3.63, 3.8) is 0 Å². The third kappa shape index (κ3) is 3.96. The highest BCUT2D eigenvalue weighted by Crippen LogP contribution is 2.31. The standard InChI is InChI=1S/C18H18ClNO4S/c1-10(17(21)20-12-6-7-14(23-2)13(19)9-12)24-18(22)16-8-11-4-3-5-15(11)25-16/h6-10H,3-5H2,1-2H3,(H,20,21)/t10-/m1/s1. The minimum atomic E-state index is -0.912. The number of thiophene rings is 1. The van der Waals surface area contributed by atoms with E-state index in [1.54, 1.807) is 25.1 Å². The first-order valence-corrected chi connectivity index (χ1v) is 9.14. The molecule has 2 aromatic rings. The summed E-state index contributed by atoms with van der Waals surface area (Å²) in [6.45, 7) is 1.54. The highest BCUT2D eigenvalue weighted by molar-refractivity contribution is 7.14. The van der Waals surface area contributed by atoms with Gasteiger partial charge in [0.1, 0.15) is 10.6 Å². The molecule has 0 fully saturated rings. The first-order valence-electron chi connectivity index (χ1n) is 7.95. The summed E-state index contributed by atoms with van der Waals surface area (Å²) in [5.41, 5.74) is 1.73. The summed E-state index contributed by atoms with van der Waals surface area (Å²) in [4.78, 5) is 26.3. The molecule has 1 aliphatic rings. The number of carbonyl (C=O) groups is 2. The number of halogens is 1. The third-order valence-electron chi connectivity index (χ3n) is 4.02. The van der Waals surface area contributed by atoms with Gasteiger partial charge < -0.3 is 14.8 Å². The van der Waals surface area contributed by atoms with Crippen LogP contribution in [0.15, 0.2) is 24.3 Å². The normalized spacial score (nSPS) is 13.9. The Bertz CT molecular complexity index is 796. The van der Waals surface area contributed by atoms with Crippen molar-refractivity contribution in [3.8, 4) is 5.75 Å².